The Kier molecular flexibility index (Phi) is 7.37. The van der Waals surface area contributed by atoms with Crippen molar-refractivity contribution in [1.29, 1.82) is 0 Å². The van der Waals surface area contributed by atoms with E-state index in [1.807, 2.05) is 30.3 Å². The highest BCUT2D eigenvalue weighted by molar-refractivity contribution is 5.77. The summed E-state index contributed by atoms with van der Waals surface area (Å²) >= 11 is 0. The molecule has 0 unspecified atom stereocenters. The molecule has 3 aromatic rings. The third kappa shape index (κ3) is 6.27. The van der Waals surface area contributed by atoms with Gasteiger partial charge in [-0.1, -0.05) is 42.5 Å². The van der Waals surface area contributed by atoms with Gasteiger partial charge in [-0.05, 0) is 71.2 Å². The van der Waals surface area contributed by atoms with Gasteiger partial charge in [-0.2, -0.15) is 0 Å². The standard InChI is InChI=1S/C29H28FNO6/c30-26-10-9-22(24-14-21(15-28(32)33)8-11-27(24)35-17-20-6-7-20)25-16-31(13-12-23(25)26)37-29(34)36-18-19-4-2-1-3-5-19/h1-5,8-11,14,20H,6-7,12-13,15-18H2,(H,32,33). The summed E-state index contributed by atoms with van der Waals surface area (Å²) in [5.74, 6) is -0.117. The van der Waals surface area contributed by atoms with Crippen LogP contribution in [0.4, 0.5) is 9.18 Å². The van der Waals surface area contributed by atoms with Crippen LogP contribution in [-0.2, 0) is 40.4 Å². The maximum Gasteiger partial charge on any atom is 0.528 e. The first kappa shape index (κ1) is 24.8. The smallest absolute Gasteiger partial charge is 0.493 e. The highest BCUT2D eigenvalue weighted by Crippen LogP contribution is 2.39. The van der Waals surface area contributed by atoms with Crippen molar-refractivity contribution in [3.8, 4) is 16.9 Å². The summed E-state index contributed by atoms with van der Waals surface area (Å²) in [7, 11) is 0. The van der Waals surface area contributed by atoms with E-state index in [4.69, 9.17) is 14.3 Å². The van der Waals surface area contributed by atoms with Crippen LogP contribution in [-0.4, -0.2) is 35.4 Å². The largest absolute Gasteiger partial charge is 0.528 e. The topological polar surface area (TPSA) is 85.3 Å². The minimum absolute atomic E-state index is 0.0854. The van der Waals surface area contributed by atoms with Gasteiger partial charge in [0.25, 0.3) is 0 Å². The number of carbonyl (C=O) groups is 2. The molecule has 1 aliphatic carbocycles. The van der Waals surface area contributed by atoms with Crippen molar-refractivity contribution in [3.63, 3.8) is 0 Å². The molecule has 1 saturated carbocycles. The van der Waals surface area contributed by atoms with Crippen LogP contribution in [0.5, 0.6) is 5.75 Å². The second-order valence-electron chi connectivity index (χ2n) is 9.44. The van der Waals surface area contributed by atoms with Gasteiger partial charge in [0.05, 0.1) is 19.6 Å². The van der Waals surface area contributed by atoms with Crippen LogP contribution in [0.1, 0.15) is 35.1 Å². The van der Waals surface area contributed by atoms with Gasteiger partial charge in [-0.15, -0.1) is 5.06 Å². The molecule has 0 aromatic heterocycles. The lowest BCUT2D eigenvalue weighted by Gasteiger charge is -2.29. The first-order chi connectivity index (χ1) is 18.0. The van der Waals surface area contributed by atoms with Gasteiger partial charge in [0.15, 0.2) is 0 Å². The minimum atomic E-state index is -0.938. The summed E-state index contributed by atoms with van der Waals surface area (Å²) < 4.78 is 26.2. The lowest BCUT2D eigenvalue weighted by molar-refractivity contribution is -0.139. The number of nitrogens with zero attached hydrogens (tertiary/aromatic N) is 1. The van der Waals surface area contributed by atoms with E-state index >= 15 is 0 Å². The third-order valence-electron chi connectivity index (χ3n) is 6.58. The zero-order chi connectivity index (χ0) is 25.8. The maximum atomic E-state index is 14.8. The molecule has 3 aromatic carbocycles. The Morgan fingerprint density at radius 3 is 2.54 bits per heavy atom. The molecule has 7 nitrogen and oxygen atoms in total. The number of ether oxygens (including phenoxy) is 2. The summed E-state index contributed by atoms with van der Waals surface area (Å²) in [4.78, 5) is 29.1. The van der Waals surface area contributed by atoms with Crippen LogP contribution < -0.4 is 4.74 Å². The Hall–Kier alpha value is -3.91. The molecule has 0 atom stereocenters. The molecule has 1 fully saturated rings. The fourth-order valence-corrected chi connectivity index (χ4v) is 4.48. The molecule has 192 valence electrons. The average Bonchev–Trinajstić information content (AvgIpc) is 3.72. The number of hydroxylamine groups is 2. The number of aliphatic carboxylic acids is 1. The van der Waals surface area contributed by atoms with Crippen molar-refractivity contribution in [3.05, 3.63) is 88.7 Å². The number of carboxylic acids is 1. The molecule has 37 heavy (non-hydrogen) atoms. The lowest BCUT2D eigenvalue weighted by atomic mass is 9.90. The van der Waals surface area contributed by atoms with E-state index in [1.54, 1.807) is 24.3 Å². The van der Waals surface area contributed by atoms with E-state index in [0.29, 0.717) is 53.5 Å². The van der Waals surface area contributed by atoms with Crippen LogP contribution in [0.3, 0.4) is 0 Å². The molecule has 5 rings (SSSR count). The highest BCUT2D eigenvalue weighted by Gasteiger charge is 2.27. The third-order valence-corrected chi connectivity index (χ3v) is 6.58. The zero-order valence-corrected chi connectivity index (χ0v) is 20.3. The van der Waals surface area contributed by atoms with Gasteiger partial charge in [0.1, 0.15) is 18.2 Å². The van der Waals surface area contributed by atoms with Crippen molar-refractivity contribution in [2.75, 3.05) is 13.2 Å². The molecular weight excluding hydrogens is 477 g/mol. The summed E-state index contributed by atoms with van der Waals surface area (Å²) in [6.45, 7) is 1.14. The molecular formula is C29H28FNO6. The van der Waals surface area contributed by atoms with E-state index in [1.165, 1.54) is 11.1 Å². The van der Waals surface area contributed by atoms with E-state index in [9.17, 15) is 19.1 Å². The van der Waals surface area contributed by atoms with E-state index in [-0.39, 0.29) is 25.4 Å². The normalized spacial score (nSPS) is 15.1. The van der Waals surface area contributed by atoms with Crippen molar-refractivity contribution < 1.29 is 33.4 Å². The van der Waals surface area contributed by atoms with E-state index < -0.39 is 12.1 Å². The van der Waals surface area contributed by atoms with Crippen LogP contribution in [0.25, 0.3) is 11.1 Å². The summed E-state index contributed by atoms with van der Waals surface area (Å²) in [5, 5.41) is 10.8. The van der Waals surface area contributed by atoms with E-state index in [2.05, 4.69) is 0 Å². The Bertz CT molecular complexity index is 1290. The number of carboxylic acid groups (broad SMARTS) is 1. The summed E-state index contributed by atoms with van der Waals surface area (Å²) in [6.07, 6.45) is 1.63. The molecule has 8 heteroatoms. The van der Waals surface area contributed by atoms with Gasteiger partial charge in [-0.3, -0.25) is 4.79 Å². The molecule has 0 amide bonds. The molecule has 0 radical (unpaired) electrons. The number of benzene rings is 3. The molecule has 2 aliphatic rings. The number of halogens is 1. The molecule has 0 saturated heterocycles. The Labute approximate surface area is 214 Å². The van der Waals surface area contributed by atoms with Crippen molar-refractivity contribution in [2.24, 2.45) is 5.92 Å². The van der Waals surface area contributed by atoms with Gasteiger partial charge < -0.3 is 19.4 Å². The Morgan fingerprint density at radius 1 is 0.973 bits per heavy atom. The fourth-order valence-electron chi connectivity index (χ4n) is 4.48. The zero-order valence-electron chi connectivity index (χ0n) is 20.3. The van der Waals surface area contributed by atoms with Crippen LogP contribution >= 0.6 is 0 Å². The van der Waals surface area contributed by atoms with Crippen LogP contribution in [0.2, 0.25) is 0 Å². The lowest BCUT2D eigenvalue weighted by Crippen LogP contribution is -2.34. The SMILES string of the molecule is O=C(O)Cc1ccc(OCC2CC2)c(-c2ccc(F)c3c2CN(OC(=O)OCc2ccccc2)CC3)c1. The molecule has 1 N–H and O–H groups in total. The van der Waals surface area contributed by atoms with Crippen LogP contribution in [0, 0.1) is 11.7 Å². The van der Waals surface area contributed by atoms with Gasteiger partial charge in [-0.25, -0.2) is 9.18 Å². The average molecular weight is 506 g/mol. The second kappa shape index (κ2) is 11.0. The predicted octanol–water partition coefficient (Wildman–Crippen LogP) is 5.54. The second-order valence-corrected chi connectivity index (χ2v) is 9.44. The number of hydrogen-bond acceptors (Lipinski definition) is 6. The first-order valence-corrected chi connectivity index (χ1v) is 12.4. The summed E-state index contributed by atoms with van der Waals surface area (Å²) in [5.41, 5.74) is 4.10. The molecule has 0 bridgehead atoms. The molecule has 0 spiro atoms. The number of fused-ring (bicyclic) bond motifs is 1. The van der Waals surface area contributed by atoms with Crippen molar-refractivity contribution >= 4 is 12.1 Å². The minimum Gasteiger partial charge on any atom is -0.493 e. The van der Waals surface area contributed by atoms with E-state index in [0.717, 1.165) is 24.0 Å². The quantitative estimate of drug-likeness (QED) is 0.383. The van der Waals surface area contributed by atoms with Crippen molar-refractivity contribution in [1.82, 2.24) is 5.06 Å². The monoisotopic (exact) mass is 505 g/mol. The maximum absolute atomic E-state index is 14.8. The Morgan fingerprint density at radius 2 is 1.78 bits per heavy atom. The highest BCUT2D eigenvalue weighted by atomic mass is 19.1. The predicted molar refractivity (Wildman–Crippen MR) is 133 cm³/mol. The Balaban J connectivity index is 1.38. The van der Waals surface area contributed by atoms with Crippen molar-refractivity contribution in [2.45, 2.75) is 38.8 Å². The van der Waals surface area contributed by atoms with Crippen LogP contribution in [0.15, 0.2) is 60.7 Å². The van der Waals surface area contributed by atoms with Gasteiger partial charge >= 0.3 is 12.1 Å². The molecule has 1 heterocycles. The summed E-state index contributed by atoms with van der Waals surface area (Å²) in [6, 6.07) is 17.7. The number of rotatable bonds is 9. The van der Waals surface area contributed by atoms with Gasteiger partial charge in [0.2, 0.25) is 0 Å². The molecule has 1 aliphatic heterocycles. The van der Waals surface area contributed by atoms with Gasteiger partial charge in [0, 0.05) is 12.1 Å². The number of carbonyl (C=O) groups excluding carboxylic acids is 1. The first-order valence-electron chi connectivity index (χ1n) is 12.4. The number of hydrogen-bond donors (Lipinski definition) is 1. The fraction of sp³-hybridized carbons (Fsp3) is 0.310.